The minimum absolute atomic E-state index is 0.0252. The van der Waals surface area contributed by atoms with Crippen LogP contribution >= 0.6 is 0 Å². The molecule has 0 aromatic heterocycles. The van der Waals surface area contributed by atoms with E-state index in [2.05, 4.69) is 0 Å². The molecule has 0 spiro atoms. The number of rotatable bonds is 6. The molecule has 1 N–H and O–H groups in total. The van der Waals surface area contributed by atoms with E-state index in [1.54, 1.807) is 13.0 Å². The molecule has 1 aromatic rings. The average Bonchev–Trinajstić information content (AvgIpc) is 2.36. The van der Waals surface area contributed by atoms with Crippen molar-refractivity contribution in [3.05, 3.63) is 42.0 Å². The molecule has 17 heavy (non-hydrogen) atoms. The van der Waals surface area contributed by atoms with Crippen LogP contribution in [0.1, 0.15) is 18.9 Å². The van der Waals surface area contributed by atoms with E-state index in [1.807, 2.05) is 36.4 Å². The molecule has 0 saturated heterocycles. The fraction of sp³-hybridized carbons (Fsp3) is 0.357. The highest BCUT2D eigenvalue weighted by Gasteiger charge is 2.15. The van der Waals surface area contributed by atoms with Crippen LogP contribution in [0.15, 0.2) is 36.4 Å². The van der Waals surface area contributed by atoms with Crippen LogP contribution < -0.4 is 0 Å². The first-order chi connectivity index (χ1) is 8.27. The largest absolute Gasteiger partial charge is 0.466 e. The second kappa shape index (κ2) is 7.63. The van der Waals surface area contributed by atoms with Crippen LogP contribution in [0, 0.1) is 5.92 Å². The maximum absolute atomic E-state index is 11.6. The number of aliphatic hydroxyl groups excluding tert-OH is 1. The molecule has 0 aliphatic carbocycles. The molecule has 0 heterocycles. The van der Waals surface area contributed by atoms with Crippen molar-refractivity contribution in [2.75, 3.05) is 13.2 Å². The summed E-state index contributed by atoms with van der Waals surface area (Å²) in [5.74, 6) is -0.658. The van der Waals surface area contributed by atoms with Gasteiger partial charge in [0.15, 0.2) is 0 Å². The zero-order chi connectivity index (χ0) is 12.5. The minimum Gasteiger partial charge on any atom is -0.466 e. The van der Waals surface area contributed by atoms with Crippen LogP contribution in [-0.4, -0.2) is 24.3 Å². The van der Waals surface area contributed by atoms with Crippen LogP contribution in [0.25, 0.3) is 6.08 Å². The zero-order valence-electron chi connectivity index (χ0n) is 10.0. The molecule has 3 heteroatoms. The summed E-state index contributed by atoms with van der Waals surface area (Å²) in [6.45, 7) is 2.11. The number of esters is 1. The zero-order valence-corrected chi connectivity index (χ0v) is 10.0. The first-order valence-corrected chi connectivity index (χ1v) is 5.78. The van der Waals surface area contributed by atoms with Gasteiger partial charge in [-0.25, -0.2) is 0 Å². The van der Waals surface area contributed by atoms with Gasteiger partial charge in [0.1, 0.15) is 0 Å². The topological polar surface area (TPSA) is 46.5 Å². The summed E-state index contributed by atoms with van der Waals surface area (Å²) in [6, 6.07) is 9.72. The van der Waals surface area contributed by atoms with Crippen molar-refractivity contribution in [3.63, 3.8) is 0 Å². The van der Waals surface area contributed by atoms with Gasteiger partial charge in [0, 0.05) is 6.61 Å². The van der Waals surface area contributed by atoms with Crippen molar-refractivity contribution in [2.45, 2.75) is 13.3 Å². The SMILES string of the molecule is CCOC(=O)C(/C=C/c1ccccc1)CCO. The third-order valence-corrected chi connectivity index (χ3v) is 2.35. The highest BCUT2D eigenvalue weighted by Crippen LogP contribution is 2.11. The lowest BCUT2D eigenvalue weighted by molar-refractivity contribution is -0.146. The molecule has 0 aliphatic rings. The van der Waals surface area contributed by atoms with E-state index in [1.165, 1.54) is 0 Å². The minimum atomic E-state index is -0.375. The Bertz CT molecular complexity index is 357. The van der Waals surface area contributed by atoms with Gasteiger partial charge in [0.2, 0.25) is 0 Å². The lowest BCUT2D eigenvalue weighted by atomic mass is 10.0. The van der Waals surface area contributed by atoms with Gasteiger partial charge in [0.05, 0.1) is 12.5 Å². The van der Waals surface area contributed by atoms with Crippen molar-refractivity contribution < 1.29 is 14.6 Å². The maximum Gasteiger partial charge on any atom is 0.312 e. The van der Waals surface area contributed by atoms with Gasteiger partial charge in [-0.2, -0.15) is 0 Å². The Morgan fingerprint density at radius 3 is 2.71 bits per heavy atom. The second-order valence-electron chi connectivity index (χ2n) is 3.64. The number of hydrogen-bond acceptors (Lipinski definition) is 3. The van der Waals surface area contributed by atoms with Crippen molar-refractivity contribution in [2.24, 2.45) is 5.92 Å². The van der Waals surface area contributed by atoms with Crippen LogP contribution in [-0.2, 0) is 9.53 Å². The van der Waals surface area contributed by atoms with Gasteiger partial charge in [-0.15, -0.1) is 0 Å². The summed E-state index contributed by atoms with van der Waals surface area (Å²) in [6.07, 6.45) is 4.04. The van der Waals surface area contributed by atoms with Crippen LogP contribution in [0.3, 0.4) is 0 Å². The fourth-order valence-electron chi connectivity index (χ4n) is 1.47. The summed E-state index contributed by atoms with van der Waals surface area (Å²) in [5.41, 5.74) is 1.03. The Hall–Kier alpha value is -1.61. The van der Waals surface area contributed by atoms with E-state index in [4.69, 9.17) is 9.84 Å². The molecule has 0 saturated carbocycles. The average molecular weight is 234 g/mol. The monoisotopic (exact) mass is 234 g/mol. The van der Waals surface area contributed by atoms with Gasteiger partial charge in [-0.3, -0.25) is 4.79 Å². The predicted molar refractivity (Wildman–Crippen MR) is 67.3 cm³/mol. The molecule has 0 aliphatic heterocycles. The molecule has 1 atom stereocenters. The molecule has 92 valence electrons. The van der Waals surface area contributed by atoms with Gasteiger partial charge in [-0.05, 0) is 18.9 Å². The molecule has 0 bridgehead atoms. The second-order valence-corrected chi connectivity index (χ2v) is 3.64. The lowest BCUT2D eigenvalue weighted by Gasteiger charge is -2.09. The normalized spacial score (nSPS) is 12.6. The fourth-order valence-corrected chi connectivity index (χ4v) is 1.47. The molecule has 1 unspecified atom stereocenters. The van der Waals surface area contributed by atoms with E-state index in [0.29, 0.717) is 13.0 Å². The summed E-state index contributed by atoms with van der Waals surface area (Å²) >= 11 is 0. The van der Waals surface area contributed by atoms with E-state index >= 15 is 0 Å². The Balaban J connectivity index is 2.66. The molecule has 1 aromatic carbocycles. The summed E-state index contributed by atoms with van der Waals surface area (Å²) in [5, 5.41) is 8.91. The highest BCUT2D eigenvalue weighted by atomic mass is 16.5. The molecule has 0 fully saturated rings. The smallest absolute Gasteiger partial charge is 0.312 e. The quantitative estimate of drug-likeness (QED) is 0.768. The number of carbonyl (C=O) groups is 1. The van der Waals surface area contributed by atoms with Gasteiger partial charge in [-0.1, -0.05) is 42.5 Å². The Kier molecular flexibility index (Phi) is 6.04. The van der Waals surface area contributed by atoms with E-state index < -0.39 is 0 Å². The Morgan fingerprint density at radius 2 is 2.12 bits per heavy atom. The van der Waals surface area contributed by atoms with Gasteiger partial charge in [0.25, 0.3) is 0 Å². The number of benzene rings is 1. The molecular formula is C14H18O3. The van der Waals surface area contributed by atoms with Crippen LogP contribution in [0.5, 0.6) is 0 Å². The predicted octanol–water partition coefficient (Wildman–Crippen LogP) is 2.26. The number of carbonyl (C=O) groups excluding carboxylic acids is 1. The number of ether oxygens (including phenoxy) is 1. The summed E-state index contributed by atoms with van der Waals surface area (Å²) < 4.78 is 4.94. The van der Waals surface area contributed by atoms with Crippen LogP contribution in [0.2, 0.25) is 0 Å². The summed E-state index contributed by atoms with van der Waals surface area (Å²) in [7, 11) is 0. The van der Waals surface area contributed by atoms with Crippen molar-refractivity contribution >= 4 is 12.0 Å². The number of hydrogen-bond donors (Lipinski definition) is 1. The molecule has 1 rings (SSSR count). The molecule has 0 radical (unpaired) electrons. The Morgan fingerprint density at radius 1 is 1.41 bits per heavy atom. The highest BCUT2D eigenvalue weighted by molar-refractivity contribution is 5.75. The molecule has 0 amide bonds. The Labute approximate surface area is 102 Å². The lowest BCUT2D eigenvalue weighted by Crippen LogP contribution is -2.16. The van der Waals surface area contributed by atoms with E-state index in [-0.39, 0.29) is 18.5 Å². The standard InChI is InChI=1S/C14H18O3/c1-2-17-14(16)13(10-11-15)9-8-12-6-4-3-5-7-12/h3-9,13,15H,2,10-11H2,1H3/b9-8+. The van der Waals surface area contributed by atoms with Crippen molar-refractivity contribution in [3.8, 4) is 0 Å². The first kappa shape index (κ1) is 13.5. The third kappa shape index (κ3) is 4.83. The number of aliphatic hydroxyl groups is 1. The van der Waals surface area contributed by atoms with Crippen molar-refractivity contribution in [1.29, 1.82) is 0 Å². The first-order valence-electron chi connectivity index (χ1n) is 5.78. The molecular weight excluding hydrogens is 216 g/mol. The third-order valence-electron chi connectivity index (χ3n) is 2.35. The van der Waals surface area contributed by atoms with E-state index in [0.717, 1.165) is 5.56 Å². The van der Waals surface area contributed by atoms with E-state index in [9.17, 15) is 4.79 Å². The molecule has 3 nitrogen and oxygen atoms in total. The van der Waals surface area contributed by atoms with Gasteiger partial charge >= 0.3 is 5.97 Å². The maximum atomic E-state index is 11.6. The van der Waals surface area contributed by atoms with Crippen molar-refractivity contribution in [1.82, 2.24) is 0 Å². The van der Waals surface area contributed by atoms with Crippen LogP contribution in [0.4, 0.5) is 0 Å². The summed E-state index contributed by atoms with van der Waals surface area (Å²) in [4.78, 5) is 11.6. The van der Waals surface area contributed by atoms with Gasteiger partial charge < -0.3 is 9.84 Å².